The lowest BCUT2D eigenvalue weighted by Crippen LogP contribution is -2.26. The van der Waals surface area contributed by atoms with Gasteiger partial charge in [-0.2, -0.15) is 0 Å². The van der Waals surface area contributed by atoms with Crippen LogP contribution in [0.1, 0.15) is 25.0 Å². The van der Waals surface area contributed by atoms with Crippen molar-refractivity contribution < 1.29 is 18.3 Å². The maximum Gasteiger partial charge on any atom is 0.244 e. The highest BCUT2D eigenvalue weighted by Crippen LogP contribution is 2.23. The Morgan fingerprint density at radius 2 is 1.74 bits per heavy atom. The minimum absolute atomic E-state index is 0.107. The van der Waals surface area contributed by atoms with Gasteiger partial charge in [0.05, 0.1) is 12.7 Å². The Balaban J connectivity index is 2.00. The molecule has 2 aromatic rings. The lowest BCUT2D eigenvalue weighted by Gasteiger charge is -2.13. The molecule has 0 heterocycles. The Kier molecular flexibility index (Phi) is 6.15. The number of hydrogen-bond donors (Lipinski definition) is 2. The lowest BCUT2D eigenvalue weighted by molar-refractivity contribution is 0.169. The molecule has 0 spiro atoms. The summed E-state index contributed by atoms with van der Waals surface area (Å²) in [5.74, 6) is 0.325. The summed E-state index contributed by atoms with van der Waals surface area (Å²) in [6.07, 6.45) is -0.416. The lowest BCUT2D eigenvalue weighted by atomic mass is 10.1. The van der Waals surface area contributed by atoms with Crippen molar-refractivity contribution in [3.63, 3.8) is 0 Å². The number of hydrogen-bond acceptors (Lipinski definition) is 4. The summed E-state index contributed by atoms with van der Waals surface area (Å²) in [6, 6.07) is 15.6. The average molecular weight is 335 g/mol. The van der Waals surface area contributed by atoms with E-state index in [1.807, 2.05) is 30.3 Å². The number of para-hydroxylation sites is 1. The molecule has 5 nitrogen and oxygen atoms in total. The van der Waals surface area contributed by atoms with Gasteiger partial charge in [-0.3, -0.25) is 0 Å². The maximum absolute atomic E-state index is 12.4. The van der Waals surface area contributed by atoms with Crippen LogP contribution in [0.4, 0.5) is 0 Å². The fraction of sp³-hybridized carbons (Fsp3) is 0.294. The molecule has 0 aliphatic rings. The third-order valence-electron chi connectivity index (χ3n) is 3.33. The second-order valence-corrected chi connectivity index (χ2v) is 6.73. The van der Waals surface area contributed by atoms with E-state index < -0.39 is 16.1 Å². The molecule has 0 fully saturated rings. The van der Waals surface area contributed by atoms with Crippen LogP contribution in [0.5, 0.6) is 5.75 Å². The van der Waals surface area contributed by atoms with Crippen molar-refractivity contribution in [3.8, 4) is 5.75 Å². The molecule has 2 rings (SSSR count). The predicted octanol–water partition coefficient (Wildman–Crippen LogP) is 2.49. The zero-order valence-electron chi connectivity index (χ0n) is 13.0. The third-order valence-corrected chi connectivity index (χ3v) is 4.83. The molecular formula is C17H21NO4S. The van der Waals surface area contributed by atoms with Crippen LogP contribution in [0.3, 0.4) is 0 Å². The van der Waals surface area contributed by atoms with Crippen molar-refractivity contribution in [2.24, 2.45) is 0 Å². The average Bonchev–Trinajstić information content (AvgIpc) is 2.56. The van der Waals surface area contributed by atoms with Gasteiger partial charge in [0.1, 0.15) is 10.6 Å². The summed E-state index contributed by atoms with van der Waals surface area (Å²) < 4.78 is 32.6. The molecule has 1 atom stereocenters. The summed E-state index contributed by atoms with van der Waals surface area (Å²) in [5.41, 5.74) is 0.765. The highest BCUT2D eigenvalue weighted by atomic mass is 32.2. The van der Waals surface area contributed by atoms with E-state index in [4.69, 9.17) is 4.74 Å². The van der Waals surface area contributed by atoms with Crippen LogP contribution in [0.15, 0.2) is 59.5 Å². The van der Waals surface area contributed by atoms with E-state index in [0.717, 1.165) is 5.56 Å². The fourth-order valence-corrected chi connectivity index (χ4v) is 3.39. The molecule has 0 aromatic heterocycles. The van der Waals surface area contributed by atoms with E-state index >= 15 is 0 Å². The van der Waals surface area contributed by atoms with Gasteiger partial charge in [0.15, 0.2) is 0 Å². The summed E-state index contributed by atoms with van der Waals surface area (Å²) in [6.45, 7) is 2.32. The second kappa shape index (κ2) is 8.10. The molecule has 6 heteroatoms. The first-order chi connectivity index (χ1) is 11.0. The summed E-state index contributed by atoms with van der Waals surface area (Å²) in [7, 11) is -3.68. The van der Waals surface area contributed by atoms with E-state index in [2.05, 4.69) is 4.72 Å². The second-order valence-electron chi connectivity index (χ2n) is 4.99. The molecule has 23 heavy (non-hydrogen) atoms. The maximum atomic E-state index is 12.4. The Morgan fingerprint density at radius 1 is 1.09 bits per heavy atom. The largest absolute Gasteiger partial charge is 0.492 e. The SMILES string of the molecule is CCOc1ccccc1S(=O)(=O)NCC[C@@H](O)c1ccccc1. The molecule has 0 radical (unpaired) electrons. The number of sulfonamides is 1. The van der Waals surface area contributed by atoms with Gasteiger partial charge in [-0.25, -0.2) is 13.1 Å². The zero-order valence-corrected chi connectivity index (χ0v) is 13.8. The van der Waals surface area contributed by atoms with Gasteiger partial charge >= 0.3 is 0 Å². The van der Waals surface area contributed by atoms with E-state index in [1.54, 1.807) is 25.1 Å². The van der Waals surface area contributed by atoms with Crippen molar-refractivity contribution in [1.29, 1.82) is 0 Å². The van der Waals surface area contributed by atoms with Gasteiger partial charge in [0.2, 0.25) is 10.0 Å². The van der Waals surface area contributed by atoms with Crippen molar-refractivity contribution >= 4 is 10.0 Å². The van der Waals surface area contributed by atoms with Crippen molar-refractivity contribution in [3.05, 3.63) is 60.2 Å². The van der Waals surface area contributed by atoms with E-state index in [1.165, 1.54) is 6.07 Å². The molecule has 0 saturated carbocycles. The molecule has 0 unspecified atom stereocenters. The van der Waals surface area contributed by atoms with Gasteiger partial charge in [-0.1, -0.05) is 42.5 Å². The summed E-state index contributed by atoms with van der Waals surface area (Å²) >= 11 is 0. The molecule has 0 aliphatic carbocycles. The molecule has 124 valence electrons. The van der Waals surface area contributed by atoms with E-state index in [9.17, 15) is 13.5 Å². The molecule has 0 bridgehead atoms. The van der Waals surface area contributed by atoms with E-state index in [-0.39, 0.29) is 11.4 Å². The van der Waals surface area contributed by atoms with Crippen LogP contribution >= 0.6 is 0 Å². The molecule has 2 N–H and O–H groups in total. The predicted molar refractivity (Wildman–Crippen MR) is 88.8 cm³/mol. The first-order valence-electron chi connectivity index (χ1n) is 7.49. The Morgan fingerprint density at radius 3 is 2.43 bits per heavy atom. The van der Waals surface area contributed by atoms with Crippen LogP contribution in [0, 0.1) is 0 Å². The van der Waals surface area contributed by atoms with E-state index in [0.29, 0.717) is 18.8 Å². The van der Waals surface area contributed by atoms with Crippen LogP contribution in [0.2, 0.25) is 0 Å². The molecule has 0 aliphatic heterocycles. The molecule has 0 saturated heterocycles. The number of aliphatic hydroxyl groups excluding tert-OH is 1. The number of rotatable bonds is 8. The van der Waals surface area contributed by atoms with Gasteiger partial charge in [-0.05, 0) is 31.0 Å². The minimum Gasteiger partial charge on any atom is -0.492 e. The quantitative estimate of drug-likeness (QED) is 0.777. The Bertz CT molecular complexity index is 716. The fourth-order valence-electron chi connectivity index (χ4n) is 2.20. The minimum atomic E-state index is -3.68. The van der Waals surface area contributed by atoms with Crippen LogP contribution in [-0.4, -0.2) is 26.7 Å². The monoisotopic (exact) mass is 335 g/mol. The Hall–Kier alpha value is -1.89. The van der Waals surface area contributed by atoms with Crippen LogP contribution in [0.25, 0.3) is 0 Å². The molecule has 0 amide bonds. The Labute approximate surface area is 137 Å². The highest BCUT2D eigenvalue weighted by Gasteiger charge is 2.19. The topological polar surface area (TPSA) is 75.6 Å². The van der Waals surface area contributed by atoms with Crippen LogP contribution < -0.4 is 9.46 Å². The van der Waals surface area contributed by atoms with Crippen molar-refractivity contribution in [2.75, 3.05) is 13.2 Å². The number of aliphatic hydroxyl groups is 1. The van der Waals surface area contributed by atoms with Crippen LogP contribution in [-0.2, 0) is 10.0 Å². The first kappa shape index (κ1) is 17.5. The third kappa shape index (κ3) is 4.79. The smallest absolute Gasteiger partial charge is 0.244 e. The summed E-state index contributed by atoms with van der Waals surface area (Å²) in [5, 5.41) is 10.1. The number of nitrogens with one attached hydrogen (secondary N) is 1. The van der Waals surface area contributed by atoms with Crippen molar-refractivity contribution in [2.45, 2.75) is 24.3 Å². The molecule has 2 aromatic carbocycles. The van der Waals surface area contributed by atoms with Gasteiger partial charge < -0.3 is 9.84 Å². The first-order valence-corrected chi connectivity index (χ1v) is 8.97. The van der Waals surface area contributed by atoms with Gasteiger partial charge in [0, 0.05) is 6.54 Å². The standard InChI is InChI=1S/C17H21NO4S/c1-2-22-16-10-6-7-11-17(16)23(20,21)18-13-12-15(19)14-8-4-3-5-9-14/h3-11,15,18-19H,2,12-13H2,1H3/t15-/m1/s1. The van der Waals surface area contributed by atoms with Crippen molar-refractivity contribution in [1.82, 2.24) is 4.72 Å². The normalized spacial score (nSPS) is 12.8. The zero-order chi connectivity index (χ0) is 16.7. The molecular weight excluding hydrogens is 314 g/mol. The van der Waals surface area contributed by atoms with Gasteiger partial charge in [0.25, 0.3) is 0 Å². The van der Waals surface area contributed by atoms with Gasteiger partial charge in [-0.15, -0.1) is 0 Å². The summed E-state index contributed by atoms with van der Waals surface area (Å²) in [4.78, 5) is 0.107. The number of benzene rings is 2. The highest BCUT2D eigenvalue weighted by molar-refractivity contribution is 7.89. The number of ether oxygens (including phenoxy) is 1.